The van der Waals surface area contributed by atoms with Crippen LogP contribution in [0, 0.1) is 26.6 Å². The summed E-state index contributed by atoms with van der Waals surface area (Å²) in [6.07, 6.45) is 0. The van der Waals surface area contributed by atoms with E-state index in [0.29, 0.717) is 11.3 Å². The predicted octanol–water partition coefficient (Wildman–Crippen LogP) is 4.00. The Bertz CT molecular complexity index is 614. The molecule has 2 rings (SSSR count). The largest absolute Gasteiger partial charge is 0.322 e. The van der Waals surface area contributed by atoms with Crippen molar-refractivity contribution in [3.63, 3.8) is 0 Å². The van der Waals surface area contributed by atoms with Crippen LogP contribution in [0.4, 0.5) is 10.1 Å². The molecular weight excluding hydrogens is 241 g/mol. The number of rotatable bonds is 2. The van der Waals surface area contributed by atoms with Crippen LogP contribution in [0.2, 0.25) is 0 Å². The highest BCUT2D eigenvalue weighted by molar-refractivity contribution is 6.04. The first-order valence-electron chi connectivity index (χ1n) is 6.12. The number of nitrogens with one attached hydrogen (secondary N) is 1. The zero-order valence-electron chi connectivity index (χ0n) is 11.3. The smallest absolute Gasteiger partial charge is 0.258 e. The number of hydrogen-bond acceptors (Lipinski definition) is 1. The number of carbonyl (C=O) groups excluding carboxylic acids is 1. The van der Waals surface area contributed by atoms with E-state index in [-0.39, 0.29) is 5.56 Å². The molecule has 0 aliphatic rings. The fourth-order valence-electron chi connectivity index (χ4n) is 2.07. The van der Waals surface area contributed by atoms with Crippen LogP contribution in [0.3, 0.4) is 0 Å². The lowest BCUT2D eigenvalue weighted by Gasteiger charge is -2.09. The van der Waals surface area contributed by atoms with Crippen molar-refractivity contribution in [2.75, 3.05) is 5.32 Å². The third-order valence-electron chi connectivity index (χ3n) is 2.92. The second-order valence-corrected chi connectivity index (χ2v) is 4.77. The monoisotopic (exact) mass is 257 g/mol. The summed E-state index contributed by atoms with van der Waals surface area (Å²) >= 11 is 0. The third kappa shape index (κ3) is 2.99. The van der Waals surface area contributed by atoms with E-state index >= 15 is 0 Å². The lowest BCUT2D eigenvalue weighted by Crippen LogP contribution is -2.14. The van der Waals surface area contributed by atoms with E-state index in [4.69, 9.17) is 0 Å². The average Bonchev–Trinajstić information content (AvgIpc) is 2.31. The van der Waals surface area contributed by atoms with Crippen LogP contribution in [0.25, 0.3) is 0 Å². The molecule has 0 aliphatic carbocycles. The summed E-state index contributed by atoms with van der Waals surface area (Å²) < 4.78 is 13.9. The minimum absolute atomic E-state index is 0.0687. The molecule has 19 heavy (non-hydrogen) atoms. The standard InChI is InChI=1S/C16H16FNO/c1-10-7-11(2)9-13(8-10)18-16(19)14-6-4-5-12(3)15(14)17/h4-9H,1-3H3,(H,18,19). The van der Waals surface area contributed by atoms with E-state index in [1.54, 1.807) is 19.1 Å². The predicted molar refractivity (Wildman–Crippen MR) is 75.0 cm³/mol. The minimum Gasteiger partial charge on any atom is -0.322 e. The number of amides is 1. The van der Waals surface area contributed by atoms with Crippen LogP contribution in [-0.2, 0) is 0 Å². The Morgan fingerprint density at radius 3 is 2.32 bits per heavy atom. The molecule has 0 atom stereocenters. The normalized spacial score (nSPS) is 10.3. The molecule has 0 radical (unpaired) electrons. The molecule has 1 amide bonds. The summed E-state index contributed by atoms with van der Waals surface area (Å²) in [5.74, 6) is -0.893. The van der Waals surface area contributed by atoms with Gasteiger partial charge in [0.1, 0.15) is 5.82 Å². The Morgan fingerprint density at radius 2 is 1.68 bits per heavy atom. The van der Waals surface area contributed by atoms with Crippen molar-refractivity contribution < 1.29 is 9.18 Å². The summed E-state index contributed by atoms with van der Waals surface area (Å²) in [7, 11) is 0. The first-order chi connectivity index (χ1) is 8.97. The molecule has 0 fully saturated rings. The van der Waals surface area contributed by atoms with Crippen LogP contribution in [0.1, 0.15) is 27.0 Å². The second-order valence-electron chi connectivity index (χ2n) is 4.77. The molecule has 98 valence electrons. The Morgan fingerprint density at radius 1 is 1.05 bits per heavy atom. The molecule has 0 spiro atoms. The fraction of sp³-hybridized carbons (Fsp3) is 0.188. The van der Waals surface area contributed by atoms with Gasteiger partial charge < -0.3 is 5.32 Å². The molecule has 2 aromatic rings. The molecule has 0 aliphatic heterocycles. The van der Waals surface area contributed by atoms with Gasteiger partial charge in [0, 0.05) is 5.69 Å². The zero-order valence-corrected chi connectivity index (χ0v) is 11.3. The zero-order chi connectivity index (χ0) is 14.0. The molecule has 0 heterocycles. The van der Waals surface area contributed by atoms with Crippen LogP contribution in [0.5, 0.6) is 0 Å². The maximum Gasteiger partial charge on any atom is 0.258 e. The molecule has 1 N–H and O–H groups in total. The summed E-state index contributed by atoms with van der Waals surface area (Å²) in [6.45, 7) is 5.55. The maximum absolute atomic E-state index is 13.9. The van der Waals surface area contributed by atoms with Gasteiger partial charge in [0.15, 0.2) is 0 Å². The Balaban J connectivity index is 2.28. The van der Waals surface area contributed by atoms with E-state index in [0.717, 1.165) is 11.1 Å². The molecule has 0 aromatic heterocycles. The highest BCUT2D eigenvalue weighted by atomic mass is 19.1. The first-order valence-corrected chi connectivity index (χ1v) is 6.12. The number of halogens is 1. The van der Waals surface area contributed by atoms with Crippen molar-refractivity contribution in [3.05, 3.63) is 64.5 Å². The van der Waals surface area contributed by atoms with Gasteiger partial charge in [-0.25, -0.2) is 4.39 Å². The van der Waals surface area contributed by atoms with Gasteiger partial charge in [0.05, 0.1) is 5.56 Å². The number of anilines is 1. The van der Waals surface area contributed by atoms with Crippen molar-refractivity contribution in [2.24, 2.45) is 0 Å². The Hall–Kier alpha value is -2.16. The van der Waals surface area contributed by atoms with Gasteiger partial charge in [0.2, 0.25) is 0 Å². The highest BCUT2D eigenvalue weighted by Crippen LogP contribution is 2.17. The van der Waals surface area contributed by atoms with Crippen LogP contribution in [-0.4, -0.2) is 5.91 Å². The van der Waals surface area contributed by atoms with E-state index in [1.165, 1.54) is 6.07 Å². The van der Waals surface area contributed by atoms with E-state index in [2.05, 4.69) is 5.32 Å². The van der Waals surface area contributed by atoms with Crippen LogP contribution < -0.4 is 5.32 Å². The molecular formula is C16H16FNO. The molecule has 0 saturated carbocycles. The van der Waals surface area contributed by atoms with Gasteiger partial charge in [-0.15, -0.1) is 0 Å². The molecule has 2 nitrogen and oxygen atoms in total. The molecule has 2 aromatic carbocycles. The van der Waals surface area contributed by atoms with Crippen molar-refractivity contribution >= 4 is 11.6 Å². The summed E-state index contributed by atoms with van der Waals surface area (Å²) in [4.78, 5) is 12.1. The first kappa shape index (κ1) is 13.3. The average molecular weight is 257 g/mol. The Labute approximate surface area is 112 Å². The number of hydrogen-bond donors (Lipinski definition) is 1. The molecule has 0 unspecified atom stereocenters. The van der Waals surface area contributed by atoms with Gasteiger partial charge in [-0.05, 0) is 55.7 Å². The third-order valence-corrected chi connectivity index (χ3v) is 2.92. The van der Waals surface area contributed by atoms with E-state index in [1.807, 2.05) is 32.0 Å². The van der Waals surface area contributed by atoms with E-state index < -0.39 is 11.7 Å². The quantitative estimate of drug-likeness (QED) is 0.865. The summed E-state index contributed by atoms with van der Waals surface area (Å²) in [6, 6.07) is 10.5. The van der Waals surface area contributed by atoms with Crippen molar-refractivity contribution in [3.8, 4) is 0 Å². The van der Waals surface area contributed by atoms with Gasteiger partial charge in [0.25, 0.3) is 5.91 Å². The summed E-state index contributed by atoms with van der Waals surface area (Å²) in [5.41, 5.74) is 3.33. The molecule has 0 bridgehead atoms. The number of carbonyl (C=O) groups is 1. The van der Waals surface area contributed by atoms with Crippen LogP contribution >= 0.6 is 0 Å². The molecule has 3 heteroatoms. The van der Waals surface area contributed by atoms with Gasteiger partial charge in [-0.2, -0.15) is 0 Å². The van der Waals surface area contributed by atoms with Gasteiger partial charge in [-0.1, -0.05) is 18.2 Å². The topological polar surface area (TPSA) is 29.1 Å². The lowest BCUT2D eigenvalue weighted by molar-refractivity contribution is 0.102. The van der Waals surface area contributed by atoms with Crippen molar-refractivity contribution in [1.82, 2.24) is 0 Å². The van der Waals surface area contributed by atoms with Gasteiger partial charge >= 0.3 is 0 Å². The number of aryl methyl sites for hydroxylation is 3. The second kappa shape index (κ2) is 5.22. The lowest BCUT2D eigenvalue weighted by atomic mass is 10.1. The van der Waals surface area contributed by atoms with Gasteiger partial charge in [-0.3, -0.25) is 4.79 Å². The van der Waals surface area contributed by atoms with E-state index in [9.17, 15) is 9.18 Å². The molecule has 0 saturated heterocycles. The van der Waals surface area contributed by atoms with Crippen molar-refractivity contribution in [2.45, 2.75) is 20.8 Å². The summed E-state index contributed by atoms with van der Waals surface area (Å²) in [5, 5.41) is 2.73. The maximum atomic E-state index is 13.9. The fourth-order valence-corrected chi connectivity index (χ4v) is 2.07. The highest BCUT2D eigenvalue weighted by Gasteiger charge is 2.13. The van der Waals surface area contributed by atoms with Crippen LogP contribution in [0.15, 0.2) is 36.4 Å². The minimum atomic E-state index is -0.468. The number of benzene rings is 2. The SMILES string of the molecule is Cc1cc(C)cc(NC(=O)c2cccc(C)c2F)c1. The van der Waals surface area contributed by atoms with Crippen molar-refractivity contribution in [1.29, 1.82) is 0 Å². The Kier molecular flexibility index (Phi) is 3.65.